The van der Waals surface area contributed by atoms with Gasteiger partial charge in [-0.3, -0.25) is 9.59 Å². The molecule has 1 atom stereocenters. The van der Waals surface area contributed by atoms with Gasteiger partial charge in [0.05, 0.1) is 0 Å². The monoisotopic (exact) mass is 366 g/mol. The molecule has 0 bridgehead atoms. The predicted octanol–water partition coefficient (Wildman–Crippen LogP) is 4.49. The summed E-state index contributed by atoms with van der Waals surface area (Å²) in [4.78, 5) is 22.3. The molecule has 0 aliphatic carbocycles. The maximum absolute atomic E-state index is 11.2. The molecule has 1 unspecified atom stereocenters. The van der Waals surface area contributed by atoms with Crippen molar-refractivity contribution in [3.8, 4) is 17.2 Å². The lowest BCUT2D eigenvalue weighted by atomic mass is 9.89. The molecule has 2 aromatic rings. The van der Waals surface area contributed by atoms with E-state index in [4.69, 9.17) is 14.2 Å². The summed E-state index contributed by atoms with van der Waals surface area (Å²) in [5.41, 5.74) is 2.97. The molecule has 2 aromatic carbocycles. The van der Waals surface area contributed by atoms with Crippen LogP contribution in [0.15, 0.2) is 42.5 Å². The number of carbonyl (C=O) groups is 2. The number of carbonyl (C=O) groups excluding carboxylic acids is 2. The first-order valence-electron chi connectivity index (χ1n) is 8.83. The summed E-state index contributed by atoms with van der Waals surface area (Å²) in [5.74, 6) is 1.18. The van der Waals surface area contributed by atoms with Gasteiger partial charge in [0.25, 0.3) is 0 Å². The Morgan fingerprint density at radius 2 is 1.52 bits per heavy atom. The molecule has 1 heterocycles. The molecule has 5 heteroatoms. The Hall–Kier alpha value is -3.08. The quantitative estimate of drug-likeness (QED) is 0.589. The van der Waals surface area contributed by atoms with Gasteiger partial charge in [0.1, 0.15) is 23.4 Å². The molecular formula is C22H22O5. The molecule has 5 nitrogen and oxygen atoms in total. The van der Waals surface area contributed by atoms with E-state index in [0.717, 1.165) is 16.7 Å². The number of ether oxygens (including phenoxy) is 3. The molecule has 0 aromatic heterocycles. The Kier molecular flexibility index (Phi) is 5.31. The van der Waals surface area contributed by atoms with Crippen molar-refractivity contribution in [2.24, 2.45) is 5.92 Å². The topological polar surface area (TPSA) is 61.8 Å². The van der Waals surface area contributed by atoms with Gasteiger partial charge >= 0.3 is 11.9 Å². The van der Waals surface area contributed by atoms with E-state index >= 15 is 0 Å². The van der Waals surface area contributed by atoms with E-state index in [1.54, 1.807) is 24.3 Å². The summed E-state index contributed by atoms with van der Waals surface area (Å²) in [5, 5.41) is 0. The summed E-state index contributed by atoms with van der Waals surface area (Å²) >= 11 is 0. The average Bonchev–Trinajstić information content (AvgIpc) is 2.60. The van der Waals surface area contributed by atoms with Gasteiger partial charge in [-0.15, -0.1) is 0 Å². The third kappa shape index (κ3) is 4.37. The SMILES string of the molecule is CC(=O)Oc1ccc(C2=Cc3ccc(OC(C)=O)cc3OC2C(C)C)cc1. The molecule has 0 saturated heterocycles. The first kappa shape index (κ1) is 18.7. The second-order valence-electron chi connectivity index (χ2n) is 6.79. The van der Waals surface area contributed by atoms with Crippen LogP contribution in [0, 0.1) is 5.92 Å². The van der Waals surface area contributed by atoms with E-state index in [-0.39, 0.29) is 24.0 Å². The smallest absolute Gasteiger partial charge is 0.308 e. The predicted molar refractivity (Wildman–Crippen MR) is 103 cm³/mol. The van der Waals surface area contributed by atoms with Gasteiger partial charge in [0.2, 0.25) is 0 Å². The van der Waals surface area contributed by atoms with Crippen molar-refractivity contribution in [1.29, 1.82) is 0 Å². The normalized spacial score (nSPS) is 15.4. The summed E-state index contributed by atoms with van der Waals surface area (Å²) < 4.78 is 16.5. The Morgan fingerprint density at radius 1 is 0.926 bits per heavy atom. The molecule has 0 amide bonds. The molecule has 3 rings (SSSR count). The van der Waals surface area contributed by atoms with Crippen molar-refractivity contribution in [1.82, 2.24) is 0 Å². The molecule has 0 saturated carbocycles. The standard InChI is InChI=1S/C22H22O5/c1-13(2)22-20(16-5-8-18(9-6-16)25-14(3)23)11-17-7-10-19(26-15(4)24)12-21(17)27-22/h5-13,22H,1-4H3. The maximum atomic E-state index is 11.2. The van der Waals surface area contributed by atoms with Crippen molar-refractivity contribution in [2.75, 3.05) is 0 Å². The van der Waals surface area contributed by atoms with Gasteiger partial charge < -0.3 is 14.2 Å². The van der Waals surface area contributed by atoms with Crippen LogP contribution in [0.2, 0.25) is 0 Å². The minimum atomic E-state index is -0.365. The van der Waals surface area contributed by atoms with E-state index in [9.17, 15) is 9.59 Å². The van der Waals surface area contributed by atoms with Crippen LogP contribution in [0.4, 0.5) is 0 Å². The van der Waals surface area contributed by atoms with Gasteiger partial charge in [0, 0.05) is 31.1 Å². The number of rotatable bonds is 4. The lowest BCUT2D eigenvalue weighted by Crippen LogP contribution is -2.27. The minimum Gasteiger partial charge on any atom is -0.485 e. The van der Waals surface area contributed by atoms with Crippen LogP contribution >= 0.6 is 0 Å². The molecule has 140 valence electrons. The molecule has 1 aliphatic heterocycles. The molecular weight excluding hydrogens is 344 g/mol. The molecule has 0 N–H and O–H groups in total. The number of hydrogen-bond donors (Lipinski definition) is 0. The van der Waals surface area contributed by atoms with Crippen LogP contribution < -0.4 is 14.2 Å². The van der Waals surface area contributed by atoms with E-state index in [0.29, 0.717) is 17.2 Å². The number of esters is 2. The third-order valence-corrected chi connectivity index (χ3v) is 4.17. The highest BCUT2D eigenvalue weighted by Crippen LogP contribution is 2.39. The number of fused-ring (bicyclic) bond motifs is 1. The number of hydrogen-bond acceptors (Lipinski definition) is 5. The van der Waals surface area contributed by atoms with Crippen LogP contribution in [-0.2, 0) is 9.59 Å². The summed E-state index contributed by atoms with van der Waals surface area (Å²) in [6.45, 7) is 6.93. The van der Waals surface area contributed by atoms with Crippen molar-refractivity contribution in [2.45, 2.75) is 33.8 Å². The van der Waals surface area contributed by atoms with E-state index in [1.807, 2.05) is 18.2 Å². The molecule has 0 fully saturated rings. The highest BCUT2D eigenvalue weighted by molar-refractivity contribution is 5.88. The summed E-state index contributed by atoms with van der Waals surface area (Å²) in [7, 11) is 0. The van der Waals surface area contributed by atoms with Crippen LogP contribution in [0.3, 0.4) is 0 Å². The first-order chi connectivity index (χ1) is 12.8. The fourth-order valence-electron chi connectivity index (χ4n) is 3.04. The fraction of sp³-hybridized carbons (Fsp3) is 0.273. The highest BCUT2D eigenvalue weighted by Gasteiger charge is 2.27. The van der Waals surface area contributed by atoms with Crippen molar-refractivity contribution < 1.29 is 23.8 Å². The van der Waals surface area contributed by atoms with E-state index in [1.165, 1.54) is 13.8 Å². The van der Waals surface area contributed by atoms with E-state index in [2.05, 4.69) is 19.9 Å². The zero-order valence-electron chi connectivity index (χ0n) is 15.8. The zero-order chi connectivity index (χ0) is 19.6. The minimum absolute atomic E-state index is 0.148. The number of benzene rings is 2. The van der Waals surface area contributed by atoms with Crippen LogP contribution in [0.1, 0.15) is 38.8 Å². The Bertz CT molecular complexity index is 893. The van der Waals surface area contributed by atoms with Crippen molar-refractivity contribution >= 4 is 23.6 Å². The van der Waals surface area contributed by atoms with Gasteiger partial charge in [-0.05, 0) is 41.8 Å². The molecule has 0 radical (unpaired) electrons. The molecule has 0 spiro atoms. The molecule has 27 heavy (non-hydrogen) atoms. The van der Waals surface area contributed by atoms with Gasteiger partial charge in [0.15, 0.2) is 0 Å². The van der Waals surface area contributed by atoms with Crippen molar-refractivity contribution in [3.05, 3.63) is 53.6 Å². The largest absolute Gasteiger partial charge is 0.485 e. The second-order valence-corrected chi connectivity index (χ2v) is 6.79. The Morgan fingerprint density at radius 3 is 2.11 bits per heavy atom. The lowest BCUT2D eigenvalue weighted by Gasteiger charge is -2.30. The summed E-state index contributed by atoms with van der Waals surface area (Å²) in [6.07, 6.45) is 1.94. The maximum Gasteiger partial charge on any atom is 0.308 e. The van der Waals surface area contributed by atoms with E-state index < -0.39 is 0 Å². The second kappa shape index (κ2) is 7.66. The van der Waals surface area contributed by atoms with Crippen molar-refractivity contribution in [3.63, 3.8) is 0 Å². The van der Waals surface area contributed by atoms with Crippen LogP contribution in [0.25, 0.3) is 11.6 Å². The zero-order valence-corrected chi connectivity index (χ0v) is 15.8. The Balaban J connectivity index is 1.96. The van der Waals surface area contributed by atoms with Crippen LogP contribution in [-0.4, -0.2) is 18.0 Å². The Labute approximate surface area is 158 Å². The summed E-state index contributed by atoms with van der Waals surface area (Å²) in [6, 6.07) is 12.7. The van der Waals surface area contributed by atoms with Gasteiger partial charge in [-0.2, -0.15) is 0 Å². The third-order valence-electron chi connectivity index (χ3n) is 4.17. The molecule has 1 aliphatic rings. The fourth-order valence-corrected chi connectivity index (χ4v) is 3.04. The lowest BCUT2D eigenvalue weighted by molar-refractivity contribution is -0.132. The van der Waals surface area contributed by atoms with Gasteiger partial charge in [-0.1, -0.05) is 26.0 Å². The van der Waals surface area contributed by atoms with Crippen LogP contribution in [0.5, 0.6) is 17.2 Å². The average molecular weight is 366 g/mol. The van der Waals surface area contributed by atoms with Gasteiger partial charge in [-0.25, -0.2) is 0 Å². The highest BCUT2D eigenvalue weighted by atomic mass is 16.5. The first-order valence-corrected chi connectivity index (χ1v) is 8.83.